The average molecular weight is 482 g/mol. The lowest BCUT2D eigenvalue weighted by Crippen LogP contribution is -2.42. The van der Waals surface area contributed by atoms with Crippen LogP contribution in [0.15, 0.2) is 115 Å². The molecule has 6 aromatic carbocycles. The summed E-state index contributed by atoms with van der Waals surface area (Å²) in [6.45, 7) is 0. The van der Waals surface area contributed by atoms with E-state index in [0.717, 1.165) is 26.4 Å². The molecule has 0 saturated carbocycles. The van der Waals surface area contributed by atoms with Crippen LogP contribution in [0, 0.1) is 0 Å². The Labute approximate surface area is 218 Å². The van der Waals surface area contributed by atoms with Crippen LogP contribution in [-0.4, -0.2) is 12.2 Å². The van der Waals surface area contributed by atoms with Crippen molar-refractivity contribution in [3.8, 4) is 11.1 Å². The number of benzene rings is 6. The Kier molecular flexibility index (Phi) is 6.00. The summed E-state index contributed by atoms with van der Waals surface area (Å²) < 4.78 is 0. The zero-order valence-corrected chi connectivity index (χ0v) is 21.1. The van der Waals surface area contributed by atoms with Crippen LogP contribution in [0.1, 0.15) is 23.1 Å². The van der Waals surface area contributed by atoms with Gasteiger partial charge in [-0.1, -0.05) is 115 Å². The smallest absolute Gasteiger partial charge is 0.0459 e. The molecule has 0 heterocycles. The van der Waals surface area contributed by atoms with E-state index in [1.54, 1.807) is 0 Å². The summed E-state index contributed by atoms with van der Waals surface area (Å²) in [5.41, 5.74) is 13.5. The lowest BCUT2D eigenvalue weighted by atomic mass is 9.72. The normalized spacial score (nSPS) is 16.8. The minimum Gasteiger partial charge on any atom is -0.400 e. The molecule has 7 rings (SSSR count). The van der Waals surface area contributed by atoms with Crippen molar-refractivity contribution in [2.24, 2.45) is 5.73 Å². The first-order valence-electron chi connectivity index (χ1n) is 12.9. The molecule has 2 nitrogen and oxygen atoms in total. The second-order valence-electron chi connectivity index (χ2n) is 9.99. The molecule has 1 aliphatic rings. The van der Waals surface area contributed by atoms with Gasteiger partial charge in [-0.2, -0.15) is 0 Å². The van der Waals surface area contributed by atoms with Crippen LogP contribution in [0.2, 0.25) is 0 Å². The lowest BCUT2D eigenvalue weighted by Gasteiger charge is -2.37. The highest BCUT2D eigenvalue weighted by Crippen LogP contribution is 2.42. The summed E-state index contributed by atoms with van der Waals surface area (Å²) in [7, 11) is 1.00. The number of nitrogens with two attached hydrogens (primary N) is 1. The van der Waals surface area contributed by atoms with E-state index in [2.05, 4.69) is 115 Å². The highest BCUT2D eigenvalue weighted by molar-refractivity contribution is 6.13. The van der Waals surface area contributed by atoms with Crippen LogP contribution >= 0.6 is 0 Å². The van der Waals surface area contributed by atoms with Crippen molar-refractivity contribution >= 4 is 32.3 Å². The van der Waals surface area contributed by atoms with Gasteiger partial charge in [-0.3, -0.25) is 0 Å². The minimum atomic E-state index is -0.348. The lowest BCUT2D eigenvalue weighted by molar-refractivity contribution is 0.389. The number of hydrogen-bond acceptors (Lipinski definition) is 2. The van der Waals surface area contributed by atoms with Crippen molar-refractivity contribution in [2.75, 3.05) is 7.11 Å². The summed E-state index contributed by atoms with van der Waals surface area (Å²) in [5.74, 6) is 0. The molecule has 1 aliphatic carbocycles. The molecule has 0 radical (unpaired) electrons. The summed E-state index contributed by atoms with van der Waals surface area (Å²) in [4.78, 5) is 0. The molecule has 0 fully saturated rings. The largest absolute Gasteiger partial charge is 0.400 e. The monoisotopic (exact) mass is 481 g/mol. The number of rotatable bonds is 2. The van der Waals surface area contributed by atoms with Crippen LogP contribution in [0.3, 0.4) is 0 Å². The third-order valence-electron chi connectivity index (χ3n) is 8.00. The van der Waals surface area contributed by atoms with E-state index in [-0.39, 0.29) is 5.54 Å². The van der Waals surface area contributed by atoms with Crippen LogP contribution in [0.5, 0.6) is 0 Å². The Morgan fingerprint density at radius 2 is 1.24 bits per heavy atom. The highest BCUT2D eigenvalue weighted by Gasteiger charge is 2.34. The van der Waals surface area contributed by atoms with Gasteiger partial charge < -0.3 is 10.8 Å². The van der Waals surface area contributed by atoms with Crippen molar-refractivity contribution in [3.63, 3.8) is 0 Å². The maximum Gasteiger partial charge on any atom is 0.0459 e. The van der Waals surface area contributed by atoms with E-state index in [0.29, 0.717) is 0 Å². The first kappa shape index (κ1) is 23.4. The van der Waals surface area contributed by atoms with Gasteiger partial charge in [-0.05, 0) is 79.4 Å². The van der Waals surface area contributed by atoms with E-state index in [9.17, 15) is 0 Å². The molecule has 1 atom stereocenters. The molecule has 0 bridgehead atoms. The molecule has 0 spiro atoms. The van der Waals surface area contributed by atoms with Crippen LogP contribution in [-0.2, 0) is 18.4 Å². The van der Waals surface area contributed by atoms with E-state index in [1.807, 2.05) is 0 Å². The Morgan fingerprint density at radius 3 is 2.11 bits per heavy atom. The molecule has 0 aromatic heterocycles. The summed E-state index contributed by atoms with van der Waals surface area (Å²) in [6.07, 6.45) is 2.82. The quantitative estimate of drug-likeness (QED) is 0.248. The second-order valence-corrected chi connectivity index (χ2v) is 9.99. The minimum absolute atomic E-state index is 0.348. The molecular weight excluding hydrogens is 450 g/mol. The molecule has 37 heavy (non-hydrogen) atoms. The predicted molar refractivity (Wildman–Crippen MR) is 157 cm³/mol. The third-order valence-corrected chi connectivity index (χ3v) is 8.00. The van der Waals surface area contributed by atoms with Gasteiger partial charge in [0.15, 0.2) is 0 Å². The van der Waals surface area contributed by atoms with Crippen molar-refractivity contribution in [1.29, 1.82) is 0 Å². The summed E-state index contributed by atoms with van der Waals surface area (Å²) in [5, 5.41) is 14.9. The van der Waals surface area contributed by atoms with Gasteiger partial charge in [0.2, 0.25) is 0 Å². The van der Waals surface area contributed by atoms with Crippen molar-refractivity contribution in [1.82, 2.24) is 0 Å². The first-order valence-corrected chi connectivity index (χ1v) is 12.9. The van der Waals surface area contributed by atoms with Crippen molar-refractivity contribution < 1.29 is 5.11 Å². The maximum absolute atomic E-state index is 7.18. The van der Waals surface area contributed by atoms with Gasteiger partial charge in [0.05, 0.1) is 0 Å². The number of aliphatic hydroxyl groups excluding tert-OH is 1. The standard InChI is InChI=1S/C34H27N.CH4O/c35-34(33-15-6-11-24-10-4-5-12-28(24)33)21-20-27-25(22-34)16-17-32-29-14-7-13-26(23-8-2-1-3-9-23)30(29)18-19-31(27)32;1-2/h1-19H,20-22,35H2;2H,1H3. The molecule has 1 unspecified atom stereocenters. The average Bonchev–Trinajstić information content (AvgIpc) is 2.97. The molecule has 0 saturated heterocycles. The molecule has 0 amide bonds. The molecule has 3 N–H and O–H groups in total. The van der Waals surface area contributed by atoms with Crippen molar-refractivity contribution in [2.45, 2.75) is 24.8 Å². The summed E-state index contributed by atoms with van der Waals surface area (Å²) in [6, 6.07) is 41.9. The third kappa shape index (κ3) is 3.90. The molecule has 6 aromatic rings. The van der Waals surface area contributed by atoms with E-state index >= 15 is 0 Å². The maximum atomic E-state index is 7.18. The summed E-state index contributed by atoms with van der Waals surface area (Å²) >= 11 is 0. The van der Waals surface area contributed by atoms with Gasteiger partial charge in [0, 0.05) is 12.6 Å². The van der Waals surface area contributed by atoms with Gasteiger partial charge in [-0.25, -0.2) is 0 Å². The zero-order valence-electron chi connectivity index (χ0n) is 21.1. The number of hydrogen-bond donors (Lipinski definition) is 2. The Morgan fingerprint density at radius 1 is 0.595 bits per heavy atom. The van der Waals surface area contributed by atoms with Crippen molar-refractivity contribution in [3.05, 3.63) is 132 Å². The van der Waals surface area contributed by atoms with Gasteiger partial charge >= 0.3 is 0 Å². The molecule has 182 valence electrons. The fourth-order valence-corrected chi connectivity index (χ4v) is 6.28. The highest BCUT2D eigenvalue weighted by atomic mass is 16.2. The Hall–Kier alpha value is -3.98. The van der Waals surface area contributed by atoms with Crippen LogP contribution in [0.4, 0.5) is 0 Å². The number of aliphatic hydroxyl groups is 1. The fourth-order valence-electron chi connectivity index (χ4n) is 6.28. The number of aryl methyl sites for hydroxylation is 1. The van der Waals surface area contributed by atoms with Crippen LogP contribution in [0.25, 0.3) is 43.4 Å². The number of fused-ring (bicyclic) bond motifs is 6. The van der Waals surface area contributed by atoms with E-state index in [4.69, 9.17) is 10.8 Å². The van der Waals surface area contributed by atoms with Gasteiger partial charge in [-0.15, -0.1) is 0 Å². The predicted octanol–water partition coefficient (Wildman–Crippen LogP) is 7.76. The zero-order chi connectivity index (χ0) is 25.4. The van der Waals surface area contributed by atoms with Crippen LogP contribution < -0.4 is 5.73 Å². The SMILES string of the molecule is CO.NC1(c2cccc3ccccc23)CCc2c(ccc3c2ccc2c(-c4ccccc4)cccc23)C1. The first-order chi connectivity index (χ1) is 18.2. The van der Waals surface area contributed by atoms with Gasteiger partial charge in [0.25, 0.3) is 0 Å². The van der Waals surface area contributed by atoms with E-state index < -0.39 is 0 Å². The molecule has 0 aliphatic heterocycles. The molecule has 2 heteroatoms. The Balaban J connectivity index is 0.00000123. The fraction of sp³-hybridized carbons (Fsp3) is 0.143. The topological polar surface area (TPSA) is 46.2 Å². The Bertz CT molecular complexity index is 1730. The van der Waals surface area contributed by atoms with E-state index in [1.165, 1.54) is 60.1 Å². The molecular formula is C35H31NO. The second kappa shape index (κ2) is 9.48. The van der Waals surface area contributed by atoms with Gasteiger partial charge in [0.1, 0.15) is 0 Å².